The van der Waals surface area contributed by atoms with Crippen LogP contribution in [0.15, 0.2) is 60.9 Å². The van der Waals surface area contributed by atoms with Crippen molar-refractivity contribution >= 4 is 40.0 Å². The SMILES string of the molecule is C/C=C/CNC1(C)COC1.CN1CCc2cc(C(=O)c3cc(F)c(NC=O)c(F)c3)n3cccc(c23)-c2c(C(F)(F)F)cc3c(cnn3C)c21. The molecule has 0 spiro atoms. The van der Waals surface area contributed by atoms with Gasteiger partial charge < -0.3 is 24.7 Å². The normalized spacial score (nSPS) is 15.3. The monoisotopic (exact) mass is 694 g/mol. The summed E-state index contributed by atoms with van der Waals surface area (Å²) in [5.74, 6) is -3.01. The molecule has 262 valence electrons. The van der Waals surface area contributed by atoms with Gasteiger partial charge in [0.2, 0.25) is 12.2 Å². The Hall–Kier alpha value is -5.08. The van der Waals surface area contributed by atoms with Crippen molar-refractivity contribution in [1.29, 1.82) is 0 Å². The lowest BCUT2D eigenvalue weighted by Crippen LogP contribution is -2.58. The van der Waals surface area contributed by atoms with Crippen molar-refractivity contribution in [3.63, 3.8) is 0 Å². The number of nitrogens with zero attached hydrogens (tertiary/aromatic N) is 4. The van der Waals surface area contributed by atoms with Gasteiger partial charge in [0.1, 0.15) is 17.3 Å². The van der Waals surface area contributed by atoms with Crippen LogP contribution >= 0.6 is 0 Å². The standard InChI is InChI=1S/C28H20F5N5O2.C8H15NO/c1-36-7-5-14-10-22(27(40)15-8-19(29)24(34-13-39)20(30)9-15)38-6-3-4-16(25(14)38)23-18(28(31,32)33)11-21-17(26(23)36)12-35-37(21)2;1-3-4-5-9-8(2)6-10-7-8/h3-4,6,8-13H,5,7H2,1-2H3,(H,34,39);3-4,9H,5-7H2,1-2H3/b;4-3+. The fourth-order valence-corrected chi connectivity index (χ4v) is 6.45. The number of ether oxygens (including phenoxy) is 1. The number of pyridine rings is 1. The third-order valence-corrected chi connectivity index (χ3v) is 9.03. The fourth-order valence-electron chi connectivity index (χ4n) is 6.45. The highest BCUT2D eigenvalue weighted by Crippen LogP contribution is 2.48. The van der Waals surface area contributed by atoms with Crippen molar-refractivity contribution in [2.24, 2.45) is 7.05 Å². The molecule has 0 bridgehead atoms. The number of fused-ring (bicyclic) bond motifs is 4. The van der Waals surface area contributed by atoms with Gasteiger partial charge >= 0.3 is 6.18 Å². The van der Waals surface area contributed by atoms with E-state index in [1.807, 2.05) is 12.2 Å². The number of rotatable bonds is 7. The van der Waals surface area contributed by atoms with E-state index in [0.717, 1.165) is 38.0 Å². The second kappa shape index (κ2) is 13.3. The fraction of sp³-hybridized carbons (Fsp3) is 0.306. The molecule has 5 aromatic rings. The minimum Gasteiger partial charge on any atom is -0.377 e. The molecular weight excluding hydrogens is 659 g/mol. The Morgan fingerprint density at radius 3 is 2.46 bits per heavy atom. The lowest BCUT2D eigenvalue weighted by Gasteiger charge is -2.38. The molecule has 5 heterocycles. The molecule has 0 saturated carbocycles. The number of aromatic nitrogens is 3. The number of carbonyl (C=O) groups is 2. The van der Waals surface area contributed by atoms with Crippen molar-refractivity contribution in [3.05, 3.63) is 95.0 Å². The molecule has 2 aliphatic heterocycles. The van der Waals surface area contributed by atoms with Crippen LogP contribution < -0.4 is 15.5 Å². The number of hydrogen-bond donors (Lipinski definition) is 2. The molecule has 0 radical (unpaired) electrons. The van der Waals surface area contributed by atoms with E-state index in [4.69, 9.17) is 4.74 Å². The van der Waals surface area contributed by atoms with E-state index in [1.165, 1.54) is 27.5 Å². The number of anilines is 2. The summed E-state index contributed by atoms with van der Waals surface area (Å²) >= 11 is 0. The number of likely N-dealkylation sites (N-methyl/N-ethyl adjacent to an activating group) is 1. The Morgan fingerprint density at radius 2 is 1.84 bits per heavy atom. The van der Waals surface area contributed by atoms with Crippen LogP contribution in [-0.2, 0) is 29.2 Å². The van der Waals surface area contributed by atoms with Crippen molar-refractivity contribution < 1.29 is 36.3 Å². The number of alkyl halides is 3. The maximum Gasteiger partial charge on any atom is 0.417 e. The Balaban J connectivity index is 0.000000373. The molecule has 0 atom stereocenters. The highest BCUT2D eigenvalue weighted by atomic mass is 19.4. The van der Waals surface area contributed by atoms with Gasteiger partial charge in [-0.2, -0.15) is 18.3 Å². The first-order valence-corrected chi connectivity index (χ1v) is 15.9. The van der Waals surface area contributed by atoms with E-state index in [-0.39, 0.29) is 34.3 Å². The Kier molecular flexibility index (Phi) is 9.27. The van der Waals surface area contributed by atoms with Crippen LogP contribution in [0.5, 0.6) is 0 Å². The van der Waals surface area contributed by atoms with E-state index in [0.29, 0.717) is 40.6 Å². The van der Waals surface area contributed by atoms with Crippen LogP contribution in [0.2, 0.25) is 0 Å². The Morgan fingerprint density at radius 1 is 1.12 bits per heavy atom. The summed E-state index contributed by atoms with van der Waals surface area (Å²) in [4.78, 5) is 26.0. The first kappa shape index (κ1) is 34.8. The zero-order valence-corrected chi connectivity index (χ0v) is 27.8. The quantitative estimate of drug-likeness (QED) is 0.0873. The van der Waals surface area contributed by atoms with Gasteiger partial charge in [-0.05, 0) is 56.2 Å². The molecule has 9 nitrogen and oxygen atoms in total. The first-order chi connectivity index (χ1) is 23.8. The number of allylic oxidation sites excluding steroid dienone is 1. The van der Waals surface area contributed by atoms with Crippen molar-refractivity contribution in [1.82, 2.24) is 19.5 Å². The highest BCUT2D eigenvalue weighted by Gasteiger charge is 2.39. The molecule has 0 aliphatic carbocycles. The predicted octanol–water partition coefficient (Wildman–Crippen LogP) is 6.52. The van der Waals surface area contributed by atoms with E-state index >= 15 is 0 Å². The van der Waals surface area contributed by atoms with Crippen LogP contribution in [0, 0.1) is 11.6 Å². The summed E-state index contributed by atoms with van der Waals surface area (Å²) in [5.41, 5.74) is 0.349. The first-order valence-electron chi connectivity index (χ1n) is 15.9. The van der Waals surface area contributed by atoms with Crippen LogP contribution in [0.1, 0.15) is 41.0 Å². The van der Waals surface area contributed by atoms with Crippen molar-refractivity contribution in [2.75, 3.05) is 43.6 Å². The second-order valence-corrected chi connectivity index (χ2v) is 12.6. The van der Waals surface area contributed by atoms with Crippen LogP contribution in [0.25, 0.3) is 27.5 Å². The van der Waals surface area contributed by atoms with E-state index in [1.54, 1.807) is 31.1 Å². The van der Waals surface area contributed by atoms with Crippen molar-refractivity contribution in [3.8, 4) is 11.1 Å². The summed E-state index contributed by atoms with van der Waals surface area (Å²) in [6, 6.07) is 7.34. The number of amides is 1. The number of ketones is 1. The Bertz CT molecular complexity index is 2120. The number of hydrogen-bond acceptors (Lipinski definition) is 6. The third kappa shape index (κ3) is 6.24. The van der Waals surface area contributed by atoms with Crippen LogP contribution in [0.4, 0.5) is 33.3 Å². The van der Waals surface area contributed by atoms with Gasteiger partial charge in [-0.1, -0.05) is 18.2 Å². The molecule has 1 saturated heterocycles. The zero-order chi connectivity index (χ0) is 36.0. The molecule has 2 aromatic carbocycles. The average Bonchev–Trinajstić information content (AvgIpc) is 3.62. The van der Waals surface area contributed by atoms with Gasteiger partial charge in [0.25, 0.3) is 0 Å². The second-order valence-electron chi connectivity index (χ2n) is 12.6. The van der Waals surface area contributed by atoms with Crippen LogP contribution in [0.3, 0.4) is 0 Å². The molecular formula is C36H35F5N6O3. The van der Waals surface area contributed by atoms with E-state index < -0.39 is 34.8 Å². The lowest BCUT2D eigenvalue weighted by atomic mass is 9.91. The molecule has 2 aliphatic rings. The lowest BCUT2D eigenvalue weighted by molar-refractivity contribution is -0.137. The van der Waals surface area contributed by atoms with E-state index in [2.05, 4.69) is 29.5 Å². The number of halogens is 5. The maximum absolute atomic E-state index is 14.6. The molecule has 14 heteroatoms. The van der Waals surface area contributed by atoms with Gasteiger partial charge in [0, 0.05) is 55.5 Å². The number of benzene rings is 2. The summed E-state index contributed by atoms with van der Waals surface area (Å²) in [6.45, 7) is 7.20. The Labute approximate surface area is 284 Å². The number of nitrogens with one attached hydrogen (secondary N) is 2. The largest absolute Gasteiger partial charge is 0.417 e. The minimum atomic E-state index is -4.70. The zero-order valence-electron chi connectivity index (χ0n) is 27.8. The van der Waals surface area contributed by atoms with Crippen LogP contribution in [-0.4, -0.2) is 65.3 Å². The average molecular weight is 695 g/mol. The summed E-state index contributed by atoms with van der Waals surface area (Å²) in [5, 5.41) is 10.0. The predicted molar refractivity (Wildman–Crippen MR) is 181 cm³/mol. The number of aryl methyl sites for hydroxylation is 1. The summed E-state index contributed by atoms with van der Waals surface area (Å²) in [6.07, 6.45) is 3.03. The molecule has 50 heavy (non-hydrogen) atoms. The molecule has 3 aromatic heterocycles. The highest BCUT2D eigenvalue weighted by molar-refractivity contribution is 6.11. The third-order valence-electron chi connectivity index (χ3n) is 9.03. The number of carbonyl (C=O) groups excluding carboxylic acids is 2. The summed E-state index contributed by atoms with van der Waals surface area (Å²) in [7, 11) is 3.29. The summed E-state index contributed by atoms with van der Waals surface area (Å²) < 4.78 is 80.6. The van der Waals surface area contributed by atoms with Gasteiger partial charge in [-0.3, -0.25) is 14.3 Å². The van der Waals surface area contributed by atoms with Crippen molar-refractivity contribution in [2.45, 2.75) is 32.0 Å². The smallest absolute Gasteiger partial charge is 0.377 e. The topological polar surface area (TPSA) is 92.9 Å². The van der Waals surface area contributed by atoms with Gasteiger partial charge in [0.15, 0.2) is 0 Å². The van der Waals surface area contributed by atoms with E-state index in [9.17, 15) is 31.5 Å². The molecule has 1 fully saturated rings. The molecule has 0 unspecified atom stereocenters. The van der Waals surface area contributed by atoms with Gasteiger partial charge in [0.05, 0.1) is 52.9 Å². The van der Waals surface area contributed by atoms with Gasteiger partial charge in [-0.15, -0.1) is 0 Å². The minimum absolute atomic E-state index is 0.0314. The molecule has 1 amide bonds. The molecule has 2 N–H and O–H groups in total. The van der Waals surface area contributed by atoms with Gasteiger partial charge in [-0.25, -0.2) is 8.78 Å². The maximum atomic E-state index is 14.6. The molecule has 7 rings (SSSR count).